The molecule has 0 spiro atoms. The van der Waals surface area contributed by atoms with Crippen LogP contribution in [0.3, 0.4) is 0 Å². The molecular weight excluding hydrogens is 386 g/mol. The number of benzene rings is 1. The third kappa shape index (κ3) is 4.29. The molecule has 0 aliphatic carbocycles. The highest BCUT2D eigenvalue weighted by atomic mass is 32.2. The Labute approximate surface area is 161 Å². The number of hydrogen-bond donors (Lipinski definition) is 1. The highest BCUT2D eigenvalue weighted by Crippen LogP contribution is 2.23. The van der Waals surface area contributed by atoms with Crippen LogP contribution in [-0.2, 0) is 16.6 Å². The first-order chi connectivity index (χ1) is 12.4. The minimum Gasteiger partial charge on any atom is -0.287 e. The Morgan fingerprint density at radius 1 is 1.04 bits per heavy atom. The maximum absolute atomic E-state index is 12.4. The van der Waals surface area contributed by atoms with Gasteiger partial charge in [0.25, 0.3) is 0 Å². The molecule has 3 rings (SSSR count). The third-order valence-corrected chi connectivity index (χ3v) is 7.29. The van der Waals surface area contributed by atoms with Crippen LogP contribution in [0.2, 0.25) is 0 Å². The molecule has 0 bridgehead atoms. The lowest BCUT2D eigenvalue weighted by Crippen LogP contribution is -2.22. The van der Waals surface area contributed by atoms with Gasteiger partial charge in [-0.25, -0.2) is 13.1 Å². The highest BCUT2D eigenvalue weighted by Gasteiger charge is 2.16. The van der Waals surface area contributed by atoms with Crippen LogP contribution in [0.15, 0.2) is 58.8 Å². The zero-order valence-corrected chi connectivity index (χ0v) is 16.9. The summed E-state index contributed by atoms with van der Waals surface area (Å²) in [6.45, 7) is 4.29. The SMILES string of the molecule is CC(C)c1ccc(S(=O)(=O)NCc2ccc(C(=O)c3cccs3)s2)cc1. The summed E-state index contributed by atoms with van der Waals surface area (Å²) in [5.41, 5.74) is 1.10. The van der Waals surface area contributed by atoms with E-state index in [1.807, 2.05) is 23.6 Å². The van der Waals surface area contributed by atoms with E-state index in [4.69, 9.17) is 0 Å². The lowest BCUT2D eigenvalue weighted by Gasteiger charge is -2.08. The van der Waals surface area contributed by atoms with Gasteiger partial charge in [-0.15, -0.1) is 22.7 Å². The summed E-state index contributed by atoms with van der Waals surface area (Å²) >= 11 is 2.71. The largest absolute Gasteiger partial charge is 0.287 e. The van der Waals surface area contributed by atoms with Gasteiger partial charge in [0.15, 0.2) is 0 Å². The molecule has 1 N–H and O–H groups in total. The summed E-state index contributed by atoms with van der Waals surface area (Å²) in [4.78, 5) is 14.7. The quantitative estimate of drug-likeness (QED) is 0.582. The van der Waals surface area contributed by atoms with Crippen LogP contribution in [-0.4, -0.2) is 14.2 Å². The van der Waals surface area contributed by atoms with E-state index in [0.29, 0.717) is 15.7 Å². The van der Waals surface area contributed by atoms with Crippen LogP contribution in [0.4, 0.5) is 0 Å². The Balaban J connectivity index is 1.67. The molecule has 0 aliphatic heterocycles. The summed E-state index contributed by atoms with van der Waals surface area (Å²) in [6, 6.07) is 14.1. The molecule has 0 aliphatic rings. The lowest BCUT2D eigenvalue weighted by atomic mass is 10.0. The van der Waals surface area contributed by atoms with E-state index in [1.165, 1.54) is 22.7 Å². The van der Waals surface area contributed by atoms with Gasteiger partial charge in [-0.2, -0.15) is 0 Å². The van der Waals surface area contributed by atoms with Crippen molar-refractivity contribution in [3.8, 4) is 0 Å². The van der Waals surface area contributed by atoms with Crippen molar-refractivity contribution in [1.82, 2.24) is 4.72 Å². The van der Waals surface area contributed by atoms with E-state index in [-0.39, 0.29) is 17.2 Å². The predicted octanol–water partition coefficient (Wildman–Crippen LogP) is 4.64. The summed E-state index contributed by atoms with van der Waals surface area (Å²) < 4.78 is 27.5. The second kappa shape index (κ2) is 7.84. The van der Waals surface area contributed by atoms with E-state index in [9.17, 15) is 13.2 Å². The Kier molecular flexibility index (Phi) is 5.72. The first-order valence-electron chi connectivity index (χ1n) is 8.13. The van der Waals surface area contributed by atoms with Crippen molar-refractivity contribution in [2.24, 2.45) is 0 Å². The van der Waals surface area contributed by atoms with E-state index in [2.05, 4.69) is 18.6 Å². The van der Waals surface area contributed by atoms with E-state index in [1.54, 1.807) is 30.3 Å². The van der Waals surface area contributed by atoms with E-state index < -0.39 is 10.0 Å². The number of carbonyl (C=O) groups excluding carboxylic acids is 1. The van der Waals surface area contributed by atoms with Crippen molar-refractivity contribution >= 4 is 38.5 Å². The number of ketones is 1. The van der Waals surface area contributed by atoms with Gasteiger partial charge in [0, 0.05) is 11.4 Å². The normalized spacial score (nSPS) is 11.8. The standard InChI is InChI=1S/C19H19NO3S3/c1-13(2)14-5-8-16(9-6-14)26(22,23)20-12-15-7-10-18(25-15)19(21)17-4-3-11-24-17/h3-11,13,20H,12H2,1-2H3. The molecule has 0 radical (unpaired) electrons. The lowest BCUT2D eigenvalue weighted by molar-refractivity contribution is 0.104. The van der Waals surface area contributed by atoms with Crippen LogP contribution in [0.1, 0.15) is 44.8 Å². The van der Waals surface area contributed by atoms with Crippen molar-refractivity contribution in [2.45, 2.75) is 31.2 Å². The molecule has 3 aromatic rings. The fraction of sp³-hybridized carbons (Fsp3) is 0.211. The number of nitrogens with one attached hydrogen (secondary N) is 1. The Morgan fingerprint density at radius 3 is 2.38 bits per heavy atom. The molecule has 4 nitrogen and oxygen atoms in total. The third-order valence-electron chi connectivity index (χ3n) is 3.92. The van der Waals surface area contributed by atoms with Crippen LogP contribution in [0.25, 0.3) is 0 Å². The molecule has 0 amide bonds. The Morgan fingerprint density at radius 2 is 1.77 bits per heavy atom. The van der Waals surface area contributed by atoms with Crippen molar-refractivity contribution in [3.63, 3.8) is 0 Å². The van der Waals surface area contributed by atoms with Crippen LogP contribution in [0, 0.1) is 0 Å². The fourth-order valence-electron chi connectivity index (χ4n) is 2.41. The zero-order chi connectivity index (χ0) is 18.7. The molecule has 0 saturated heterocycles. The maximum Gasteiger partial charge on any atom is 0.240 e. The minimum atomic E-state index is -3.58. The Hall–Kier alpha value is -1.80. The zero-order valence-electron chi connectivity index (χ0n) is 14.4. The average Bonchev–Trinajstić information content (AvgIpc) is 3.31. The molecular formula is C19H19NO3S3. The molecule has 2 aromatic heterocycles. The molecule has 1 aromatic carbocycles. The monoisotopic (exact) mass is 405 g/mol. The van der Waals surface area contributed by atoms with Gasteiger partial charge < -0.3 is 0 Å². The summed E-state index contributed by atoms with van der Waals surface area (Å²) in [5, 5.41) is 1.86. The van der Waals surface area contributed by atoms with Crippen LogP contribution < -0.4 is 4.72 Å². The second-order valence-corrected chi connectivity index (χ2v) is 10.0. The van der Waals surface area contributed by atoms with Gasteiger partial charge in [-0.1, -0.05) is 32.0 Å². The smallest absolute Gasteiger partial charge is 0.240 e. The summed E-state index contributed by atoms with van der Waals surface area (Å²) in [5.74, 6) is 0.327. The second-order valence-electron chi connectivity index (χ2n) is 6.12. The van der Waals surface area contributed by atoms with Gasteiger partial charge in [-0.3, -0.25) is 4.79 Å². The van der Waals surface area contributed by atoms with Gasteiger partial charge in [-0.05, 0) is 47.2 Å². The summed E-state index contributed by atoms with van der Waals surface area (Å²) in [6.07, 6.45) is 0. The maximum atomic E-state index is 12.4. The minimum absolute atomic E-state index is 0.0246. The Bertz CT molecular complexity index is 985. The van der Waals surface area contributed by atoms with Crippen molar-refractivity contribution in [1.29, 1.82) is 0 Å². The van der Waals surface area contributed by atoms with Crippen molar-refractivity contribution < 1.29 is 13.2 Å². The molecule has 0 fully saturated rings. The topological polar surface area (TPSA) is 63.2 Å². The number of thiophene rings is 2. The predicted molar refractivity (Wildman–Crippen MR) is 107 cm³/mol. The number of rotatable bonds is 7. The van der Waals surface area contributed by atoms with Gasteiger partial charge in [0.2, 0.25) is 15.8 Å². The van der Waals surface area contributed by atoms with Gasteiger partial charge in [0.1, 0.15) is 0 Å². The fourth-order valence-corrected chi connectivity index (χ4v) is 5.15. The van der Waals surface area contributed by atoms with Crippen molar-refractivity contribution in [2.75, 3.05) is 0 Å². The molecule has 0 unspecified atom stereocenters. The van der Waals surface area contributed by atoms with Gasteiger partial charge in [0.05, 0.1) is 14.6 Å². The van der Waals surface area contributed by atoms with Crippen LogP contribution in [0.5, 0.6) is 0 Å². The van der Waals surface area contributed by atoms with Crippen LogP contribution >= 0.6 is 22.7 Å². The first kappa shape index (κ1) is 19.0. The summed E-state index contributed by atoms with van der Waals surface area (Å²) in [7, 11) is -3.58. The van der Waals surface area contributed by atoms with Gasteiger partial charge >= 0.3 is 0 Å². The van der Waals surface area contributed by atoms with E-state index >= 15 is 0 Å². The molecule has 0 saturated carbocycles. The number of carbonyl (C=O) groups is 1. The molecule has 2 heterocycles. The molecule has 26 heavy (non-hydrogen) atoms. The molecule has 0 atom stereocenters. The number of hydrogen-bond acceptors (Lipinski definition) is 5. The van der Waals surface area contributed by atoms with E-state index in [0.717, 1.165) is 10.4 Å². The number of sulfonamides is 1. The van der Waals surface area contributed by atoms with Crippen molar-refractivity contribution in [3.05, 3.63) is 74.1 Å². The molecule has 136 valence electrons. The highest BCUT2D eigenvalue weighted by molar-refractivity contribution is 7.89. The first-order valence-corrected chi connectivity index (χ1v) is 11.3. The molecule has 7 heteroatoms. The average molecular weight is 406 g/mol.